The van der Waals surface area contributed by atoms with Crippen molar-refractivity contribution in [2.75, 3.05) is 18.1 Å². The minimum Gasteiger partial charge on any atom is -0.489 e. The lowest BCUT2D eigenvalue weighted by atomic mass is 10.0. The van der Waals surface area contributed by atoms with Gasteiger partial charge < -0.3 is 14.2 Å². The molecule has 2 heterocycles. The molecule has 1 atom stereocenters. The number of H-pyrrole nitrogens is 1. The number of alkyl halides is 2. The van der Waals surface area contributed by atoms with Crippen molar-refractivity contribution in [1.29, 1.82) is 0 Å². The summed E-state index contributed by atoms with van der Waals surface area (Å²) in [6.45, 7) is -3.67. The number of ketones is 1. The minimum absolute atomic E-state index is 0.00826. The molecule has 0 unspecified atom stereocenters. The molecular formula is C28H21Cl2F4N2O6+. The summed E-state index contributed by atoms with van der Waals surface area (Å²) < 4.78 is 69.7. The van der Waals surface area contributed by atoms with E-state index in [1.807, 2.05) is 0 Å². The molecule has 1 aliphatic heterocycles. The zero-order valence-corrected chi connectivity index (χ0v) is 23.0. The van der Waals surface area contributed by atoms with E-state index in [0.29, 0.717) is 22.6 Å². The van der Waals surface area contributed by atoms with Crippen molar-refractivity contribution >= 4 is 46.5 Å². The zero-order chi connectivity index (χ0) is 30.1. The van der Waals surface area contributed by atoms with Crippen molar-refractivity contribution < 1.29 is 51.1 Å². The number of esters is 1. The number of halogens is 6. The zero-order valence-electron chi connectivity index (χ0n) is 21.5. The summed E-state index contributed by atoms with van der Waals surface area (Å²) in [6.07, 6.45) is 3.51. The average Bonchev–Trinajstić information content (AvgIpc) is 3.74. The van der Waals surface area contributed by atoms with E-state index in [0.717, 1.165) is 12.8 Å². The number of hydrogen-bond acceptors (Lipinski definition) is 6. The smallest absolute Gasteiger partial charge is 0.387 e. The van der Waals surface area contributed by atoms with Gasteiger partial charge in [-0.05, 0) is 42.5 Å². The lowest BCUT2D eigenvalue weighted by Gasteiger charge is -2.23. The third kappa shape index (κ3) is 6.44. The number of aromatic nitrogens is 1. The molecule has 5 rings (SSSR count). The van der Waals surface area contributed by atoms with Crippen LogP contribution in [0.25, 0.3) is 0 Å². The Morgan fingerprint density at radius 2 is 1.71 bits per heavy atom. The maximum atomic E-state index is 13.9. The van der Waals surface area contributed by atoms with Crippen LogP contribution in [0.3, 0.4) is 0 Å². The number of amides is 1. The fraction of sp³-hybridized carbons (Fsp3) is 0.286. The number of nitrogens with zero attached hydrogens (tertiary/aromatic N) is 1. The molecule has 1 aliphatic carbocycles. The summed E-state index contributed by atoms with van der Waals surface area (Å²) in [5.74, 6) is -5.90. The predicted molar refractivity (Wildman–Crippen MR) is 140 cm³/mol. The summed E-state index contributed by atoms with van der Waals surface area (Å²) in [4.78, 5) is 41.5. The van der Waals surface area contributed by atoms with Crippen molar-refractivity contribution in [2.45, 2.75) is 32.0 Å². The first kappa shape index (κ1) is 29.6. The second kappa shape index (κ2) is 12.1. The van der Waals surface area contributed by atoms with Crippen LogP contribution >= 0.6 is 23.2 Å². The molecule has 0 spiro atoms. The largest absolute Gasteiger partial charge is 0.489 e. The van der Waals surface area contributed by atoms with Crippen molar-refractivity contribution in [1.82, 2.24) is 0 Å². The molecule has 1 fully saturated rings. The van der Waals surface area contributed by atoms with Gasteiger partial charge >= 0.3 is 12.6 Å². The van der Waals surface area contributed by atoms with Crippen LogP contribution in [0.2, 0.25) is 10.0 Å². The van der Waals surface area contributed by atoms with Crippen LogP contribution < -0.4 is 19.4 Å². The Morgan fingerprint density at radius 3 is 2.38 bits per heavy atom. The highest BCUT2D eigenvalue weighted by Crippen LogP contribution is 2.38. The lowest BCUT2D eigenvalue weighted by molar-refractivity contribution is -0.377. The van der Waals surface area contributed by atoms with Gasteiger partial charge in [0, 0.05) is 18.1 Å². The molecule has 2 aliphatic rings. The van der Waals surface area contributed by atoms with E-state index in [2.05, 4.69) is 9.72 Å². The molecule has 0 radical (unpaired) electrons. The van der Waals surface area contributed by atoms with Crippen LogP contribution in [-0.4, -0.2) is 37.4 Å². The second-order valence-electron chi connectivity index (χ2n) is 9.66. The van der Waals surface area contributed by atoms with Crippen LogP contribution in [0.15, 0.2) is 42.7 Å². The van der Waals surface area contributed by atoms with E-state index in [1.165, 1.54) is 30.6 Å². The average molecular weight is 628 g/mol. The number of fused-ring (bicyclic) bond motifs is 1. The Kier molecular flexibility index (Phi) is 8.55. The van der Waals surface area contributed by atoms with Gasteiger partial charge in [-0.25, -0.2) is 13.8 Å². The molecule has 1 saturated carbocycles. The number of anilines is 1. The van der Waals surface area contributed by atoms with Crippen LogP contribution in [-0.2, 0) is 20.7 Å². The van der Waals surface area contributed by atoms with Crippen LogP contribution in [0, 0.1) is 17.6 Å². The number of ether oxygens (including phenoxy) is 3. The maximum Gasteiger partial charge on any atom is 0.387 e. The van der Waals surface area contributed by atoms with Gasteiger partial charge in [0.1, 0.15) is 22.7 Å². The van der Waals surface area contributed by atoms with Gasteiger partial charge in [0.2, 0.25) is 0 Å². The molecule has 42 heavy (non-hydrogen) atoms. The predicted octanol–water partition coefficient (Wildman–Crippen LogP) is 5.53. The summed E-state index contributed by atoms with van der Waals surface area (Å²) >= 11 is 12.6. The molecule has 2 aromatic carbocycles. The van der Waals surface area contributed by atoms with E-state index in [9.17, 15) is 31.9 Å². The number of carbonyl (C=O) groups excluding carboxylic acids is 3. The fourth-order valence-corrected chi connectivity index (χ4v) is 4.91. The van der Waals surface area contributed by atoms with Gasteiger partial charge in [-0.3, -0.25) is 19.3 Å². The first-order valence-corrected chi connectivity index (χ1v) is 13.4. The van der Waals surface area contributed by atoms with E-state index in [1.54, 1.807) is 0 Å². The van der Waals surface area contributed by atoms with Crippen LogP contribution in [0.5, 0.6) is 11.5 Å². The number of carbonyl (C=O) groups is 3. The molecule has 8 nitrogen and oxygen atoms in total. The molecule has 220 valence electrons. The monoisotopic (exact) mass is 627 g/mol. The van der Waals surface area contributed by atoms with Gasteiger partial charge in [0.05, 0.1) is 17.9 Å². The van der Waals surface area contributed by atoms with Crippen molar-refractivity contribution in [2.24, 2.45) is 5.92 Å². The van der Waals surface area contributed by atoms with Crippen molar-refractivity contribution in [3.8, 4) is 11.5 Å². The van der Waals surface area contributed by atoms with Crippen molar-refractivity contribution in [3.05, 3.63) is 81.1 Å². The first-order valence-electron chi connectivity index (χ1n) is 12.6. The van der Waals surface area contributed by atoms with Gasteiger partial charge in [-0.15, -0.1) is 0 Å². The summed E-state index contributed by atoms with van der Waals surface area (Å²) in [5.41, 5.74) is -0.0209. The second-order valence-corrected chi connectivity index (χ2v) is 10.5. The van der Waals surface area contributed by atoms with Crippen LogP contribution in [0.1, 0.15) is 40.4 Å². The number of nitrogens with one attached hydrogen (secondary N) is 1. The van der Waals surface area contributed by atoms with Crippen molar-refractivity contribution in [3.63, 3.8) is 0 Å². The van der Waals surface area contributed by atoms with Gasteiger partial charge in [-0.2, -0.15) is 8.78 Å². The molecule has 1 amide bonds. The first-order chi connectivity index (χ1) is 20.0. The SMILES string of the molecule is O=C(CN1C(=O)C(=O)c2cc(F)c(F)cc21)O[C@@H](Cc1c(Cl)c[nH+]cc1Cl)c1ccc(OC(F)F)c(OCC2CC2)c1. The molecule has 14 heteroatoms. The summed E-state index contributed by atoms with van der Waals surface area (Å²) in [5, 5.41) is 0.413. The Hall–Kier alpha value is -3.90. The number of pyridine rings is 1. The third-order valence-electron chi connectivity index (χ3n) is 6.69. The standard InChI is InChI=1S/C28H20Cl2F4N2O6/c29-17-9-35-10-18(30)15(17)7-23(14-3-4-22(42-28(33)34)24(5-14)40-12-13-1-2-13)41-25(37)11-36-21-8-20(32)19(31)6-16(21)26(38)27(36)39/h3-6,8-10,13,23,28H,1-2,7,11-12H2/p+1/t23-/m0/s1. The fourth-order valence-electron chi connectivity index (χ4n) is 4.38. The molecular weight excluding hydrogens is 607 g/mol. The summed E-state index contributed by atoms with van der Waals surface area (Å²) in [6, 6.07) is 5.23. The number of rotatable bonds is 11. The third-order valence-corrected chi connectivity index (χ3v) is 7.36. The van der Waals surface area contributed by atoms with E-state index < -0.39 is 54.1 Å². The Bertz CT molecular complexity index is 1550. The minimum atomic E-state index is -3.12. The van der Waals surface area contributed by atoms with E-state index in [-0.39, 0.29) is 51.7 Å². The Morgan fingerprint density at radius 1 is 1.02 bits per heavy atom. The molecule has 1 aromatic heterocycles. The van der Waals surface area contributed by atoms with Gasteiger partial charge in [0.15, 0.2) is 35.5 Å². The lowest BCUT2D eigenvalue weighted by Crippen LogP contribution is -2.36. The van der Waals surface area contributed by atoms with E-state index in [4.69, 9.17) is 32.7 Å². The number of aromatic amines is 1. The molecule has 0 bridgehead atoms. The number of hydrogen-bond donors (Lipinski definition) is 0. The highest BCUT2D eigenvalue weighted by Gasteiger charge is 2.39. The quantitative estimate of drug-likeness (QED) is 0.158. The summed E-state index contributed by atoms with van der Waals surface area (Å²) in [7, 11) is 0. The van der Waals surface area contributed by atoms with Crippen LogP contribution in [0.4, 0.5) is 23.2 Å². The highest BCUT2D eigenvalue weighted by molar-refractivity contribution is 6.52. The highest BCUT2D eigenvalue weighted by atomic mass is 35.5. The molecule has 0 saturated heterocycles. The normalized spacial score (nSPS) is 15.2. The van der Waals surface area contributed by atoms with Gasteiger partial charge in [-0.1, -0.05) is 29.3 Å². The topological polar surface area (TPSA) is 96.3 Å². The maximum absolute atomic E-state index is 13.9. The number of Topliss-reactive ketones (excluding diaryl/α,β-unsaturated/α-hetero) is 1. The Balaban J connectivity index is 1.45. The van der Waals surface area contributed by atoms with E-state index >= 15 is 0 Å². The van der Waals surface area contributed by atoms with Gasteiger partial charge in [0.25, 0.3) is 11.7 Å². The Labute approximate surface area is 246 Å². The molecule has 1 N–H and O–H groups in total. The molecule has 3 aromatic rings. The number of benzene rings is 2.